The topological polar surface area (TPSA) is 54.0 Å². The average molecular weight is 368 g/mol. The molecule has 0 radical (unpaired) electrons. The molecule has 1 aromatic rings. The molecular weight excluding hydrogens is 340 g/mol. The maximum Gasteiger partial charge on any atom is 0.288 e. The van der Waals surface area contributed by atoms with Crippen molar-refractivity contribution < 1.29 is 23.7 Å². The van der Waals surface area contributed by atoms with Crippen LogP contribution >= 0.6 is 11.8 Å². The van der Waals surface area contributed by atoms with Crippen LogP contribution in [0.3, 0.4) is 0 Å². The Morgan fingerprint density at radius 1 is 0.840 bits per heavy atom. The maximum atomic E-state index is 13.3. The van der Waals surface area contributed by atoms with Gasteiger partial charge < -0.3 is 18.9 Å². The lowest BCUT2D eigenvalue weighted by molar-refractivity contribution is -0.425. The monoisotopic (exact) mass is 368 g/mol. The van der Waals surface area contributed by atoms with Gasteiger partial charge in [0.15, 0.2) is 0 Å². The minimum absolute atomic E-state index is 0.167. The SMILES string of the molecule is CCOC1(OCC)C(=O)C(C)(Sc2ccccc2)C1(OCC)OCC. The number of carbonyl (C=O) groups is 1. The van der Waals surface area contributed by atoms with E-state index in [1.807, 2.05) is 65.0 Å². The number of ether oxygens (including phenoxy) is 4. The Balaban J connectivity index is 2.52. The summed E-state index contributed by atoms with van der Waals surface area (Å²) in [5.41, 5.74) is 0. The van der Waals surface area contributed by atoms with E-state index in [1.54, 1.807) is 0 Å². The van der Waals surface area contributed by atoms with E-state index in [2.05, 4.69) is 0 Å². The Labute approximate surface area is 154 Å². The number of thioether (sulfide) groups is 1. The van der Waals surface area contributed by atoms with Gasteiger partial charge in [-0.2, -0.15) is 0 Å². The second-order valence-electron chi connectivity index (χ2n) is 5.74. The first-order chi connectivity index (χ1) is 12.0. The summed E-state index contributed by atoms with van der Waals surface area (Å²) >= 11 is 1.42. The third-order valence-electron chi connectivity index (χ3n) is 4.25. The van der Waals surface area contributed by atoms with Crippen LogP contribution in [0.5, 0.6) is 0 Å². The molecule has 0 bridgehead atoms. The van der Waals surface area contributed by atoms with Gasteiger partial charge in [-0.15, -0.1) is 11.8 Å². The van der Waals surface area contributed by atoms with Crippen molar-refractivity contribution in [3.8, 4) is 0 Å². The van der Waals surface area contributed by atoms with Crippen molar-refractivity contribution in [3.05, 3.63) is 30.3 Å². The number of hydrogen-bond donors (Lipinski definition) is 0. The van der Waals surface area contributed by atoms with Crippen molar-refractivity contribution in [2.24, 2.45) is 0 Å². The summed E-state index contributed by atoms with van der Waals surface area (Å²) in [4.78, 5) is 14.3. The standard InChI is InChI=1S/C19H28O5S/c1-6-21-18(22-7-2)16(20)17(5,19(18,23-8-3)24-9-4)25-15-13-11-10-12-14-15/h10-14H,6-9H2,1-5H3. The van der Waals surface area contributed by atoms with Crippen LogP contribution in [0.2, 0.25) is 0 Å². The van der Waals surface area contributed by atoms with Gasteiger partial charge in [-0.3, -0.25) is 4.79 Å². The summed E-state index contributed by atoms with van der Waals surface area (Å²) in [6, 6.07) is 9.75. The summed E-state index contributed by atoms with van der Waals surface area (Å²) in [6.45, 7) is 10.6. The zero-order valence-corrected chi connectivity index (χ0v) is 16.5. The van der Waals surface area contributed by atoms with Gasteiger partial charge in [0.2, 0.25) is 5.78 Å². The van der Waals surface area contributed by atoms with E-state index in [4.69, 9.17) is 18.9 Å². The molecule has 1 saturated carbocycles. The van der Waals surface area contributed by atoms with Crippen LogP contribution in [0, 0.1) is 0 Å². The molecular formula is C19H28O5S. The number of ketones is 1. The fourth-order valence-corrected chi connectivity index (χ4v) is 4.76. The van der Waals surface area contributed by atoms with Gasteiger partial charge in [-0.05, 0) is 46.8 Å². The average Bonchev–Trinajstić information content (AvgIpc) is 2.61. The molecule has 25 heavy (non-hydrogen) atoms. The van der Waals surface area contributed by atoms with Crippen molar-refractivity contribution >= 4 is 17.5 Å². The van der Waals surface area contributed by atoms with Crippen LogP contribution in [0.1, 0.15) is 34.6 Å². The van der Waals surface area contributed by atoms with Gasteiger partial charge in [0.05, 0.1) is 0 Å². The highest BCUT2D eigenvalue weighted by atomic mass is 32.2. The second kappa shape index (κ2) is 8.18. The number of Topliss-reactive ketones (excluding diaryl/α,β-unsaturated/α-hetero) is 1. The molecule has 1 aromatic carbocycles. The van der Waals surface area contributed by atoms with Crippen molar-refractivity contribution in [3.63, 3.8) is 0 Å². The predicted octanol–water partition coefficient (Wildman–Crippen LogP) is 3.66. The van der Waals surface area contributed by atoms with Gasteiger partial charge in [0, 0.05) is 31.3 Å². The van der Waals surface area contributed by atoms with Crippen LogP contribution in [-0.2, 0) is 23.7 Å². The molecule has 0 aromatic heterocycles. The Morgan fingerprint density at radius 3 is 1.76 bits per heavy atom. The highest BCUT2D eigenvalue weighted by Crippen LogP contribution is 2.61. The maximum absolute atomic E-state index is 13.3. The van der Waals surface area contributed by atoms with Crippen LogP contribution in [0.25, 0.3) is 0 Å². The molecule has 0 spiro atoms. The molecule has 1 aliphatic carbocycles. The zero-order valence-electron chi connectivity index (χ0n) is 15.7. The van der Waals surface area contributed by atoms with Crippen LogP contribution in [0.15, 0.2) is 35.2 Å². The fraction of sp³-hybridized carbons (Fsp3) is 0.632. The van der Waals surface area contributed by atoms with Gasteiger partial charge >= 0.3 is 0 Å². The van der Waals surface area contributed by atoms with E-state index in [1.165, 1.54) is 11.8 Å². The lowest BCUT2D eigenvalue weighted by Gasteiger charge is -2.63. The van der Waals surface area contributed by atoms with Gasteiger partial charge in [-0.1, -0.05) is 18.2 Å². The summed E-state index contributed by atoms with van der Waals surface area (Å²) in [5, 5.41) is 0. The van der Waals surface area contributed by atoms with E-state index in [0.29, 0.717) is 26.4 Å². The Kier molecular flexibility index (Phi) is 6.68. The Bertz CT molecular complexity index is 564. The minimum atomic E-state index is -1.54. The third-order valence-corrected chi connectivity index (χ3v) is 5.62. The number of benzene rings is 1. The summed E-state index contributed by atoms with van der Waals surface area (Å²) < 4.78 is 22.8. The quantitative estimate of drug-likeness (QED) is 0.588. The molecule has 0 N–H and O–H groups in total. The molecule has 1 aliphatic rings. The molecule has 6 heteroatoms. The van der Waals surface area contributed by atoms with E-state index in [-0.39, 0.29) is 5.78 Å². The van der Waals surface area contributed by atoms with E-state index in [0.717, 1.165) is 4.90 Å². The lowest BCUT2D eigenvalue weighted by atomic mass is 9.69. The van der Waals surface area contributed by atoms with Crippen molar-refractivity contribution in [1.29, 1.82) is 0 Å². The molecule has 0 aliphatic heterocycles. The smallest absolute Gasteiger partial charge is 0.288 e. The van der Waals surface area contributed by atoms with Gasteiger partial charge in [0.25, 0.3) is 11.6 Å². The largest absolute Gasteiger partial charge is 0.344 e. The highest BCUT2D eigenvalue weighted by Gasteiger charge is 2.85. The third kappa shape index (κ3) is 3.04. The summed E-state index contributed by atoms with van der Waals surface area (Å²) in [6.07, 6.45) is 0. The lowest BCUT2D eigenvalue weighted by Crippen LogP contribution is -2.87. The van der Waals surface area contributed by atoms with Crippen LogP contribution in [0.4, 0.5) is 0 Å². The number of hydrogen-bond acceptors (Lipinski definition) is 6. The summed E-state index contributed by atoms with van der Waals surface area (Å²) in [7, 11) is 0. The zero-order chi connectivity index (χ0) is 18.6. The van der Waals surface area contributed by atoms with Crippen LogP contribution in [-0.4, -0.2) is 48.5 Å². The molecule has 2 rings (SSSR count). The van der Waals surface area contributed by atoms with E-state index in [9.17, 15) is 4.79 Å². The highest BCUT2D eigenvalue weighted by molar-refractivity contribution is 8.01. The molecule has 1 atom stereocenters. The summed E-state index contributed by atoms with van der Waals surface area (Å²) in [5.74, 6) is -3.02. The second-order valence-corrected chi connectivity index (χ2v) is 7.23. The van der Waals surface area contributed by atoms with Gasteiger partial charge in [-0.25, -0.2) is 0 Å². The molecule has 0 amide bonds. The Hall–Kier alpha value is -0.920. The first-order valence-corrected chi connectivity index (χ1v) is 9.64. The minimum Gasteiger partial charge on any atom is -0.344 e. The van der Waals surface area contributed by atoms with Gasteiger partial charge in [0.1, 0.15) is 4.75 Å². The van der Waals surface area contributed by atoms with E-state index < -0.39 is 16.3 Å². The first kappa shape index (κ1) is 20.4. The molecule has 1 unspecified atom stereocenters. The van der Waals surface area contributed by atoms with E-state index >= 15 is 0 Å². The first-order valence-electron chi connectivity index (χ1n) is 8.82. The van der Waals surface area contributed by atoms with Crippen molar-refractivity contribution in [2.75, 3.05) is 26.4 Å². The van der Waals surface area contributed by atoms with Crippen molar-refractivity contribution in [2.45, 2.75) is 55.8 Å². The fourth-order valence-electron chi connectivity index (χ4n) is 3.39. The number of carbonyl (C=O) groups excluding carboxylic acids is 1. The molecule has 0 saturated heterocycles. The molecule has 5 nitrogen and oxygen atoms in total. The van der Waals surface area contributed by atoms with Crippen LogP contribution < -0.4 is 0 Å². The molecule has 0 heterocycles. The molecule has 140 valence electrons. The molecule has 1 fully saturated rings. The van der Waals surface area contributed by atoms with Crippen molar-refractivity contribution in [1.82, 2.24) is 0 Å². The normalized spacial score (nSPS) is 24.1. The Morgan fingerprint density at radius 2 is 1.32 bits per heavy atom. The predicted molar refractivity (Wildman–Crippen MR) is 97.7 cm³/mol. The number of rotatable bonds is 10.